The van der Waals surface area contributed by atoms with Gasteiger partial charge < -0.3 is 9.73 Å². The fourth-order valence-electron chi connectivity index (χ4n) is 1.14. The molecule has 0 saturated heterocycles. The minimum absolute atomic E-state index is 0.254. The molecule has 0 aliphatic carbocycles. The molecule has 2 rings (SSSR count). The molecule has 0 aliphatic rings. The van der Waals surface area contributed by atoms with Crippen molar-refractivity contribution in [3.05, 3.63) is 42.4 Å². The Morgan fingerprint density at radius 3 is 3.00 bits per heavy atom. The number of nitrogens with zero attached hydrogens (tertiary/aromatic N) is 2. The monoisotopic (exact) mass is 203 g/mol. The highest BCUT2D eigenvalue weighted by atomic mass is 16.3. The van der Waals surface area contributed by atoms with Gasteiger partial charge in [0.2, 0.25) is 0 Å². The van der Waals surface area contributed by atoms with Crippen molar-refractivity contribution >= 4 is 11.6 Å². The summed E-state index contributed by atoms with van der Waals surface area (Å²) < 4.78 is 4.71. The summed E-state index contributed by atoms with van der Waals surface area (Å²) in [4.78, 5) is 19.3. The van der Waals surface area contributed by atoms with E-state index in [1.54, 1.807) is 18.3 Å². The van der Waals surface area contributed by atoms with Crippen molar-refractivity contribution in [2.45, 2.75) is 6.92 Å². The fourth-order valence-corrected chi connectivity index (χ4v) is 1.14. The normalized spacial score (nSPS) is 9.93. The highest BCUT2D eigenvalue weighted by Gasteiger charge is 2.08. The first-order chi connectivity index (χ1) is 7.25. The first-order valence-corrected chi connectivity index (χ1v) is 4.38. The number of aryl methyl sites for hydroxylation is 1. The van der Waals surface area contributed by atoms with Crippen molar-refractivity contribution in [2.75, 3.05) is 5.32 Å². The van der Waals surface area contributed by atoms with Crippen LogP contribution in [0.1, 0.15) is 16.2 Å². The Bertz CT molecular complexity index is 465. The van der Waals surface area contributed by atoms with Crippen molar-refractivity contribution < 1.29 is 9.21 Å². The van der Waals surface area contributed by atoms with Gasteiger partial charge in [0.05, 0.1) is 0 Å². The Morgan fingerprint density at radius 1 is 1.47 bits per heavy atom. The van der Waals surface area contributed by atoms with E-state index >= 15 is 0 Å². The van der Waals surface area contributed by atoms with Gasteiger partial charge in [-0.15, -0.1) is 0 Å². The van der Waals surface area contributed by atoms with Crippen LogP contribution >= 0.6 is 0 Å². The molecule has 0 saturated carbocycles. The number of hydrogen-bond donors (Lipinski definition) is 1. The second-order valence-electron chi connectivity index (χ2n) is 3.01. The Kier molecular flexibility index (Phi) is 2.45. The number of amides is 1. The molecule has 76 valence electrons. The lowest BCUT2D eigenvalue weighted by Gasteiger charge is -2.02. The molecule has 15 heavy (non-hydrogen) atoms. The van der Waals surface area contributed by atoms with Crippen LogP contribution in [-0.2, 0) is 0 Å². The first-order valence-electron chi connectivity index (χ1n) is 4.38. The third kappa shape index (κ3) is 2.19. The molecular formula is C10H9N3O2. The maximum absolute atomic E-state index is 11.5. The van der Waals surface area contributed by atoms with Crippen LogP contribution in [0.2, 0.25) is 0 Å². The Morgan fingerprint density at radius 2 is 2.33 bits per heavy atom. The van der Waals surface area contributed by atoms with Crippen LogP contribution in [0.25, 0.3) is 0 Å². The molecule has 0 aliphatic heterocycles. The summed E-state index contributed by atoms with van der Waals surface area (Å²) >= 11 is 0. The third-order valence-electron chi connectivity index (χ3n) is 1.82. The van der Waals surface area contributed by atoms with Crippen molar-refractivity contribution in [2.24, 2.45) is 0 Å². The lowest BCUT2D eigenvalue weighted by atomic mass is 10.3. The van der Waals surface area contributed by atoms with Crippen molar-refractivity contribution in [3.63, 3.8) is 0 Å². The summed E-state index contributed by atoms with van der Waals surface area (Å²) in [7, 11) is 0. The lowest BCUT2D eigenvalue weighted by Crippen LogP contribution is -2.12. The molecule has 5 heteroatoms. The minimum atomic E-state index is -0.297. The van der Waals surface area contributed by atoms with E-state index in [0.29, 0.717) is 5.69 Å². The van der Waals surface area contributed by atoms with Gasteiger partial charge in [-0.25, -0.2) is 4.98 Å². The van der Waals surface area contributed by atoms with Gasteiger partial charge in [0.25, 0.3) is 5.91 Å². The molecular weight excluding hydrogens is 194 g/mol. The smallest absolute Gasteiger partial charge is 0.277 e. The lowest BCUT2D eigenvalue weighted by molar-refractivity contribution is 0.102. The van der Waals surface area contributed by atoms with Crippen molar-refractivity contribution in [1.82, 2.24) is 9.97 Å². The highest BCUT2D eigenvalue weighted by Crippen LogP contribution is 2.08. The zero-order chi connectivity index (χ0) is 10.7. The Balaban J connectivity index is 2.13. The molecule has 0 unspecified atom stereocenters. The molecule has 2 aromatic rings. The maximum atomic E-state index is 11.5. The summed E-state index contributed by atoms with van der Waals surface area (Å²) in [5.41, 5.74) is 1.79. The quantitative estimate of drug-likeness (QED) is 0.805. The fraction of sp³-hybridized carbons (Fsp3) is 0.100. The van der Waals surface area contributed by atoms with E-state index < -0.39 is 0 Å². The second-order valence-corrected chi connectivity index (χ2v) is 3.01. The molecule has 1 amide bonds. The van der Waals surface area contributed by atoms with Crippen LogP contribution < -0.4 is 5.32 Å². The van der Waals surface area contributed by atoms with Crippen LogP contribution in [0.5, 0.6) is 0 Å². The van der Waals surface area contributed by atoms with Gasteiger partial charge in [-0.1, -0.05) is 0 Å². The van der Waals surface area contributed by atoms with Crippen molar-refractivity contribution in [1.29, 1.82) is 0 Å². The summed E-state index contributed by atoms with van der Waals surface area (Å²) in [5.74, 6) is -0.297. The topological polar surface area (TPSA) is 68.0 Å². The number of aromatic nitrogens is 2. The Hall–Kier alpha value is -2.17. The van der Waals surface area contributed by atoms with E-state index in [9.17, 15) is 4.79 Å². The van der Waals surface area contributed by atoms with E-state index in [1.807, 2.05) is 6.92 Å². The standard InChI is InChI=1S/C10H9N3O2/c1-7-4-8(2-3-11-7)13-10(14)9-5-15-6-12-9/h2-6H,1H3,(H,11,13,14). The largest absolute Gasteiger partial charge is 0.451 e. The maximum Gasteiger partial charge on any atom is 0.277 e. The Labute approximate surface area is 86.2 Å². The number of oxazole rings is 1. The number of rotatable bonds is 2. The van der Waals surface area contributed by atoms with Gasteiger partial charge in [0, 0.05) is 17.6 Å². The molecule has 0 aromatic carbocycles. The predicted octanol–water partition coefficient (Wildman–Crippen LogP) is 1.63. The van der Waals surface area contributed by atoms with Crippen LogP contribution in [0.15, 0.2) is 35.4 Å². The minimum Gasteiger partial charge on any atom is -0.451 e. The number of carbonyl (C=O) groups is 1. The van der Waals surface area contributed by atoms with Crippen molar-refractivity contribution in [3.8, 4) is 0 Å². The molecule has 0 bridgehead atoms. The van der Waals surface area contributed by atoms with Gasteiger partial charge in [0.1, 0.15) is 6.26 Å². The van der Waals surface area contributed by atoms with Crippen LogP contribution in [0.3, 0.4) is 0 Å². The molecule has 5 nitrogen and oxygen atoms in total. The number of carbonyl (C=O) groups excluding carboxylic acids is 1. The van der Waals surface area contributed by atoms with E-state index in [4.69, 9.17) is 4.42 Å². The summed E-state index contributed by atoms with van der Waals surface area (Å²) in [6.07, 6.45) is 4.14. The summed E-state index contributed by atoms with van der Waals surface area (Å²) in [6, 6.07) is 3.49. The van der Waals surface area contributed by atoms with E-state index in [2.05, 4.69) is 15.3 Å². The van der Waals surface area contributed by atoms with Gasteiger partial charge >= 0.3 is 0 Å². The van der Waals surface area contributed by atoms with Crippen LogP contribution in [0.4, 0.5) is 5.69 Å². The average molecular weight is 203 g/mol. The van der Waals surface area contributed by atoms with Crippen LogP contribution in [-0.4, -0.2) is 15.9 Å². The summed E-state index contributed by atoms with van der Waals surface area (Å²) in [6.45, 7) is 1.85. The molecule has 1 N–H and O–H groups in total. The first kappa shape index (κ1) is 9.39. The number of pyridine rings is 1. The highest BCUT2D eigenvalue weighted by molar-refractivity contribution is 6.02. The SMILES string of the molecule is Cc1cc(NC(=O)c2cocn2)ccn1. The molecule has 0 atom stereocenters. The zero-order valence-electron chi connectivity index (χ0n) is 8.10. The van der Waals surface area contributed by atoms with Gasteiger partial charge in [0.15, 0.2) is 12.1 Å². The molecule has 0 fully saturated rings. The molecule has 0 radical (unpaired) electrons. The zero-order valence-corrected chi connectivity index (χ0v) is 8.10. The number of nitrogens with one attached hydrogen (secondary N) is 1. The van der Waals surface area contributed by atoms with Gasteiger partial charge in [-0.05, 0) is 19.1 Å². The van der Waals surface area contributed by atoms with E-state index in [1.165, 1.54) is 12.7 Å². The van der Waals surface area contributed by atoms with E-state index in [0.717, 1.165) is 5.69 Å². The summed E-state index contributed by atoms with van der Waals surface area (Å²) in [5, 5.41) is 2.68. The van der Waals surface area contributed by atoms with E-state index in [-0.39, 0.29) is 11.6 Å². The third-order valence-corrected chi connectivity index (χ3v) is 1.82. The molecule has 2 heterocycles. The molecule has 2 aromatic heterocycles. The predicted molar refractivity (Wildman–Crippen MR) is 53.4 cm³/mol. The molecule has 0 spiro atoms. The average Bonchev–Trinajstić information content (AvgIpc) is 2.70. The second kappa shape index (κ2) is 3.91. The van der Waals surface area contributed by atoms with Crippen LogP contribution in [0, 0.1) is 6.92 Å². The van der Waals surface area contributed by atoms with Gasteiger partial charge in [-0.2, -0.15) is 0 Å². The number of hydrogen-bond acceptors (Lipinski definition) is 4. The number of anilines is 1. The van der Waals surface area contributed by atoms with Gasteiger partial charge in [-0.3, -0.25) is 9.78 Å².